The van der Waals surface area contributed by atoms with Crippen molar-refractivity contribution >= 4 is 11.8 Å². The molecule has 0 saturated heterocycles. The highest BCUT2D eigenvalue weighted by atomic mass is 16.3. The molecular formula is C11H14N4O. The van der Waals surface area contributed by atoms with Crippen LogP contribution in [0.4, 0.5) is 11.8 Å². The normalized spacial score (nSPS) is 10.4. The van der Waals surface area contributed by atoms with Crippen LogP contribution in [0, 0.1) is 6.92 Å². The van der Waals surface area contributed by atoms with E-state index in [1.165, 1.54) is 0 Å². The van der Waals surface area contributed by atoms with Gasteiger partial charge in [0.2, 0.25) is 5.95 Å². The van der Waals surface area contributed by atoms with E-state index in [4.69, 9.17) is 10.2 Å². The first-order valence-electron chi connectivity index (χ1n) is 4.98. The van der Waals surface area contributed by atoms with Crippen LogP contribution in [0.1, 0.15) is 11.1 Å². The van der Waals surface area contributed by atoms with E-state index < -0.39 is 0 Å². The van der Waals surface area contributed by atoms with Crippen LogP contribution in [0.25, 0.3) is 0 Å². The highest BCUT2D eigenvalue weighted by molar-refractivity contribution is 5.47. The molecule has 0 atom stereocenters. The third kappa shape index (κ3) is 2.13. The highest BCUT2D eigenvalue weighted by Crippen LogP contribution is 2.17. The van der Waals surface area contributed by atoms with Crippen LogP contribution in [-0.2, 0) is 6.54 Å². The van der Waals surface area contributed by atoms with Crippen LogP contribution in [0.2, 0.25) is 0 Å². The van der Waals surface area contributed by atoms with Crippen molar-refractivity contribution in [2.75, 3.05) is 17.7 Å². The molecule has 2 N–H and O–H groups in total. The van der Waals surface area contributed by atoms with E-state index in [9.17, 15) is 0 Å². The minimum atomic E-state index is 0.291. The van der Waals surface area contributed by atoms with Gasteiger partial charge >= 0.3 is 0 Å². The van der Waals surface area contributed by atoms with E-state index in [0.717, 1.165) is 23.5 Å². The molecule has 0 saturated carbocycles. The largest absolute Gasteiger partial charge is 0.472 e. The first kappa shape index (κ1) is 10.5. The van der Waals surface area contributed by atoms with E-state index in [0.29, 0.717) is 5.95 Å². The van der Waals surface area contributed by atoms with Crippen LogP contribution in [0.3, 0.4) is 0 Å². The first-order chi connectivity index (χ1) is 7.66. The summed E-state index contributed by atoms with van der Waals surface area (Å²) in [6.45, 7) is 2.69. The standard InChI is InChI=1S/C11H14N4O/c1-8-5-13-11(12)14-10(8)15(2)6-9-3-4-16-7-9/h3-5,7H,6H2,1-2H3,(H2,12,13,14). The second-order valence-corrected chi connectivity index (χ2v) is 3.72. The molecule has 2 heterocycles. The Bertz CT molecular complexity index is 467. The molecule has 2 rings (SSSR count). The van der Waals surface area contributed by atoms with Gasteiger partial charge in [0, 0.05) is 30.9 Å². The number of anilines is 2. The molecule has 0 spiro atoms. The molecule has 0 unspecified atom stereocenters. The zero-order valence-electron chi connectivity index (χ0n) is 9.34. The maximum Gasteiger partial charge on any atom is 0.221 e. The highest BCUT2D eigenvalue weighted by Gasteiger charge is 2.08. The van der Waals surface area contributed by atoms with Gasteiger partial charge in [-0.1, -0.05) is 0 Å². The van der Waals surface area contributed by atoms with Crippen molar-refractivity contribution in [2.24, 2.45) is 0 Å². The smallest absolute Gasteiger partial charge is 0.221 e. The van der Waals surface area contributed by atoms with Crippen molar-refractivity contribution < 1.29 is 4.42 Å². The number of aryl methyl sites for hydroxylation is 1. The lowest BCUT2D eigenvalue weighted by atomic mass is 10.3. The third-order valence-corrected chi connectivity index (χ3v) is 2.33. The SMILES string of the molecule is Cc1cnc(N)nc1N(C)Cc1ccoc1. The van der Waals surface area contributed by atoms with Gasteiger partial charge in [0.15, 0.2) is 0 Å². The fraction of sp³-hybridized carbons (Fsp3) is 0.273. The molecule has 2 aromatic rings. The summed E-state index contributed by atoms with van der Waals surface area (Å²) in [4.78, 5) is 10.2. The van der Waals surface area contributed by atoms with Crippen molar-refractivity contribution in [3.63, 3.8) is 0 Å². The Kier molecular flexibility index (Phi) is 2.76. The van der Waals surface area contributed by atoms with Gasteiger partial charge in [-0.3, -0.25) is 0 Å². The molecule has 0 radical (unpaired) electrons. The molecule has 0 aromatic carbocycles. The lowest BCUT2D eigenvalue weighted by molar-refractivity contribution is 0.563. The Morgan fingerprint density at radius 3 is 3.00 bits per heavy atom. The Balaban J connectivity index is 2.20. The van der Waals surface area contributed by atoms with Gasteiger partial charge in [0.1, 0.15) is 5.82 Å². The van der Waals surface area contributed by atoms with E-state index >= 15 is 0 Å². The Labute approximate surface area is 93.9 Å². The summed E-state index contributed by atoms with van der Waals surface area (Å²) in [5.41, 5.74) is 7.67. The Hall–Kier alpha value is -2.04. The van der Waals surface area contributed by atoms with Crippen LogP contribution < -0.4 is 10.6 Å². The Morgan fingerprint density at radius 1 is 1.50 bits per heavy atom. The monoisotopic (exact) mass is 218 g/mol. The van der Waals surface area contributed by atoms with Gasteiger partial charge in [-0.25, -0.2) is 4.98 Å². The van der Waals surface area contributed by atoms with Crippen molar-refractivity contribution in [1.82, 2.24) is 9.97 Å². The number of aromatic nitrogens is 2. The average Bonchev–Trinajstić information content (AvgIpc) is 2.74. The molecule has 84 valence electrons. The lowest BCUT2D eigenvalue weighted by Crippen LogP contribution is -2.19. The zero-order valence-corrected chi connectivity index (χ0v) is 9.34. The quantitative estimate of drug-likeness (QED) is 0.847. The van der Waals surface area contributed by atoms with Gasteiger partial charge in [0.25, 0.3) is 0 Å². The molecule has 0 aliphatic rings. The summed E-state index contributed by atoms with van der Waals surface area (Å²) in [6, 6.07) is 1.93. The van der Waals surface area contributed by atoms with Gasteiger partial charge < -0.3 is 15.1 Å². The number of rotatable bonds is 3. The molecular weight excluding hydrogens is 204 g/mol. The summed E-state index contributed by atoms with van der Waals surface area (Å²) < 4.78 is 5.02. The number of nitrogens with two attached hydrogens (primary N) is 1. The fourth-order valence-electron chi connectivity index (χ4n) is 1.56. The zero-order chi connectivity index (χ0) is 11.5. The van der Waals surface area contributed by atoms with Crippen molar-refractivity contribution in [1.29, 1.82) is 0 Å². The fourth-order valence-corrected chi connectivity index (χ4v) is 1.56. The number of hydrogen-bond acceptors (Lipinski definition) is 5. The molecule has 0 fully saturated rings. The lowest BCUT2D eigenvalue weighted by Gasteiger charge is -2.19. The van der Waals surface area contributed by atoms with Crippen molar-refractivity contribution in [3.05, 3.63) is 35.9 Å². The van der Waals surface area contributed by atoms with E-state index in [1.807, 2.05) is 24.9 Å². The van der Waals surface area contributed by atoms with Crippen LogP contribution in [-0.4, -0.2) is 17.0 Å². The maximum absolute atomic E-state index is 5.57. The molecule has 0 aliphatic carbocycles. The summed E-state index contributed by atoms with van der Waals surface area (Å²) in [6.07, 6.45) is 5.10. The van der Waals surface area contributed by atoms with Gasteiger partial charge in [-0.05, 0) is 13.0 Å². The van der Waals surface area contributed by atoms with E-state index in [-0.39, 0.29) is 0 Å². The summed E-state index contributed by atoms with van der Waals surface area (Å²) in [7, 11) is 1.96. The second-order valence-electron chi connectivity index (χ2n) is 3.72. The third-order valence-electron chi connectivity index (χ3n) is 2.33. The van der Waals surface area contributed by atoms with Crippen molar-refractivity contribution in [3.8, 4) is 0 Å². The molecule has 5 heteroatoms. The molecule has 16 heavy (non-hydrogen) atoms. The molecule has 0 bridgehead atoms. The van der Waals surface area contributed by atoms with Crippen LogP contribution in [0.15, 0.2) is 29.2 Å². The average molecular weight is 218 g/mol. The number of nitrogens with zero attached hydrogens (tertiary/aromatic N) is 3. The summed E-state index contributed by atoms with van der Waals surface area (Å²) in [5, 5.41) is 0. The summed E-state index contributed by atoms with van der Waals surface area (Å²) >= 11 is 0. The molecule has 0 aliphatic heterocycles. The van der Waals surface area contributed by atoms with E-state index in [1.54, 1.807) is 18.7 Å². The predicted octanol–water partition coefficient (Wildman–Crippen LogP) is 1.60. The van der Waals surface area contributed by atoms with Gasteiger partial charge in [0.05, 0.1) is 12.5 Å². The minimum Gasteiger partial charge on any atom is -0.472 e. The number of hydrogen-bond donors (Lipinski definition) is 1. The topological polar surface area (TPSA) is 68.2 Å². The number of nitrogen functional groups attached to an aromatic ring is 1. The first-order valence-corrected chi connectivity index (χ1v) is 4.98. The minimum absolute atomic E-state index is 0.291. The number of furan rings is 1. The molecule has 2 aromatic heterocycles. The predicted molar refractivity (Wildman–Crippen MR) is 62.0 cm³/mol. The van der Waals surface area contributed by atoms with Crippen LogP contribution in [0.5, 0.6) is 0 Å². The van der Waals surface area contributed by atoms with E-state index in [2.05, 4.69) is 9.97 Å². The van der Waals surface area contributed by atoms with Gasteiger partial charge in [-0.2, -0.15) is 4.98 Å². The Morgan fingerprint density at radius 2 is 2.31 bits per heavy atom. The molecule has 5 nitrogen and oxygen atoms in total. The van der Waals surface area contributed by atoms with Crippen molar-refractivity contribution in [2.45, 2.75) is 13.5 Å². The van der Waals surface area contributed by atoms with Crippen LogP contribution >= 0.6 is 0 Å². The second kappa shape index (κ2) is 4.22. The maximum atomic E-state index is 5.57. The summed E-state index contributed by atoms with van der Waals surface area (Å²) in [5.74, 6) is 1.13. The van der Waals surface area contributed by atoms with Gasteiger partial charge in [-0.15, -0.1) is 0 Å². The molecule has 0 amide bonds.